The fourth-order valence-electron chi connectivity index (χ4n) is 1.68. The van der Waals surface area contributed by atoms with Crippen LogP contribution in [-0.2, 0) is 16.6 Å². The predicted molar refractivity (Wildman–Crippen MR) is 83.5 cm³/mol. The van der Waals surface area contributed by atoms with Gasteiger partial charge in [0, 0.05) is 36.3 Å². The van der Waals surface area contributed by atoms with Crippen LogP contribution in [0.4, 0.5) is 4.39 Å². The van der Waals surface area contributed by atoms with Crippen molar-refractivity contribution in [3.8, 4) is 0 Å². The van der Waals surface area contributed by atoms with E-state index in [2.05, 4.69) is 5.32 Å². The number of halogens is 2. The van der Waals surface area contributed by atoms with Crippen molar-refractivity contribution in [2.24, 2.45) is 0 Å². The molecule has 0 radical (unpaired) electrons. The summed E-state index contributed by atoms with van der Waals surface area (Å²) in [5.41, 5.74) is 0.243. The summed E-state index contributed by atoms with van der Waals surface area (Å²) in [6, 6.07) is 2.48. The van der Waals surface area contributed by atoms with Crippen LogP contribution in [0.1, 0.15) is 33.3 Å². The summed E-state index contributed by atoms with van der Waals surface area (Å²) in [5, 5.41) is 3.25. The first-order valence-corrected chi connectivity index (χ1v) is 8.58. The lowest BCUT2D eigenvalue weighted by atomic mass is 10.2. The molecular formula is C14H22ClFN2O2S. The number of nitrogens with zero attached hydrogens (tertiary/aromatic N) is 1. The summed E-state index contributed by atoms with van der Waals surface area (Å²) >= 11 is 5.95. The molecule has 1 aromatic rings. The van der Waals surface area contributed by atoms with E-state index in [1.165, 1.54) is 13.1 Å². The Bertz CT molecular complexity index is 603. The Hall–Kier alpha value is -0.690. The van der Waals surface area contributed by atoms with E-state index in [-0.39, 0.29) is 34.1 Å². The number of hydrogen-bond acceptors (Lipinski definition) is 3. The molecule has 0 saturated heterocycles. The molecule has 0 bridgehead atoms. The minimum absolute atomic E-state index is 0.154. The lowest BCUT2D eigenvalue weighted by Gasteiger charge is -2.22. The third-order valence-electron chi connectivity index (χ3n) is 3.16. The zero-order chi connectivity index (χ0) is 16.4. The molecule has 0 spiro atoms. The van der Waals surface area contributed by atoms with Crippen molar-refractivity contribution in [1.82, 2.24) is 9.62 Å². The van der Waals surface area contributed by atoms with E-state index < -0.39 is 15.8 Å². The molecule has 1 aromatic carbocycles. The molecule has 21 heavy (non-hydrogen) atoms. The van der Waals surface area contributed by atoms with E-state index in [1.807, 2.05) is 13.8 Å². The van der Waals surface area contributed by atoms with Crippen LogP contribution in [0.3, 0.4) is 0 Å². The summed E-state index contributed by atoms with van der Waals surface area (Å²) < 4.78 is 40.5. The van der Waals surface area contributed by atoms with Crippen LogP contribution in [0.25, 0.3) is 0 Å². The van der Waals surface area contributed by atoms with Crippen LogP contribution in [0, 0.1) is 5.82 Å². The van der Waals surface area contributed by atoms with Crippen molar-refractivity contribution in [2.45, 2.75) is 51.2 Å². The van der Waals surface area contributed by atoms with Gasteiger partial charge >= 0.3 is 0 Å². The van der Waals surface area contributed by atoms with Crippen molar-refractivity contribution >= 4 is 21.6 Å². The van der Waals surface area contributed by atoms with Crippen molar-refractivity contribution in [3.05, 3.63) is 28.5 Å². The molecule has 0 atom stereocenters. The molecule has 0 amide bonds. The molecule has 0 unspecified atom stereocenters. The summed E-state index contributed by atoms with van der Waals surface area (Å²) in [5.74, 6) is -0.750. The van der Waals surface area contributed by atoms with Crippen LogP contribution < -0.4 is 5.32 Å². The molecule has 7 heteroatoms. The standard InChI is InChI=1S/C14H22ClFN2O2S/c1-9(2)17-8-11-6-12(15)7-13(14(11)16)21(19,20)18(5)10(3)4/h6-7,9-10,17H,8H2,1-5H3. The van der Waals surface area contributed by atoms with E-state index >= 15 is 0 Å². The molecule has 1 rings (SSSR count). The average Bonchev–Trinajstić information content (AvgIpc) is 2.37. The van der Waals surface area contributed by atoms with E-state index in [0.717, 1.165) is 10.4 Å². The van der Waals surface area contributed by atoms with E-state index in [1.54, 1.807) is 13.8 Å². The zero-order valence-electron chi connectivity index (χ0n) is 12.9. The minimum Gasteiger partial charge on any atom is -0.310 e. The van der Waals surface area contributed by atoms with Gasteiger partial charge in [-0.2, -0.15) is 4.31 Å². The summed E-state index contributed by atoms with van der Waals surface area (Å²) in [4.78, 5) is -0.383. The monoisotopic (exact) mass is 336 g/mol. The first kappa shape index (κ1) is 18.4. The number of nitrogens with one attached hydrogen (secondary N) is 1. The smallest absolute Gasteiger partial charge is 0.246 e. The van der Waals surface area contributed by atoms with Gasteiger partial charge in [-0.25, -0.2) is 12.8 Å². The van der Waals surface area contributed by atoms with Crippen LogP contribution in [0.5, 0.6) is 0 Å². The molecule has 0 heterocycles. The normalized spacial score (nSPS) is 12.7. The summed E-state index contributed by atoms with van der Waals surface area (Å²) in [6.07, 6.45) is 0. The number of benzene rings is 1. The van der Waals surface area contributed by atoms with Gasteiger partial charge in [-0.05, 0) is 26.0 Å². The zero-order valence-corrected chi connectivity index (χ0v) is 14.5. The maximum Gasteiger partial charge on any atom is 0.246 e. The van der Waals surface area contributed by atoms with Gasteiger partial charge in [0.25, 0.3) is 0 Å². The first-order valence-electron chi connectivity index (χ1n) is 6.76. The van der Waals surface area contributed by atoms with Crippen LogP contribution in [-0.4, -0.2) is 31.9 Å². The van der Waals surface area contributed by atoms with Gasteiger partial charge < -0.3 is 5.32 Å². The maximum atomic E-state index is 14.5. The van der Waals surface area contributed by atoms with E-state index in [4.69, 9.17) is 11.6 Å². The highest BCUT2D eigenvalue weighted by molar-refractivity contribution is 7.89. The lowest BCUT2D eigenvalue weighted by molar-refractivity contribution is 0.406. The van der Waals surface area contributed by atoms with Crippen molar-refractivity contribution < 1.29 is 12.8 Å². The third kappa shape index (κ3) is 4.39. The Morgan fingerprint density at radius 3 is 2.33 bits per heavy atom. The van der Waals surface area contributed by atoms with Crippen LogP contribution in [0.15, 0.2) is 17.0 Å². The maximum absolute atomic E-state index is 14.5. The fraction of sp³-hybridized carbons (Fsp3) is 0.571. The van der Waals surface area contributed by atoms with Gasteiger partial charge in [0.2, 0.25) is 10.0 Å². The van der Waals surface area contributed by atoms with Gasteiger partial charge in [-0.15, -0.1) is 0 Å². The third-order valence-corrected chi connectivity index (χ3v) is 5.42. The van der Waals surface area contributed by atoms with E-state index in [9.17, 15) is 12.8 Å². The first-order chi connectivity index (χ1) is 9.57. The topological polar surface area (TPSA) is 49.4 Å². The molecule has 0 aromatic heterocycles. The molecule has 1 N–H and O–H groups in total. The molecule has 0 aliphatic carbocycles. The highest BCUT2D eigenvalue weighted by atomic mass is 35.5. The van der Waals surface area contributed by atoms with Crippen molar-refractivity contribution in [1.29, 1.82) is 0 Å². The summed E-state index contributed by atoms with van der Waals surface area (Å²) in [6.45, 7) is 7.51. The minimum atomic E-state index is -3.91. The van der Waals surface area contributed by atoms with Gasteiger partial charge in [-0.1, -0.05) is 25.4 Å². The number of hydrogen-bond donors (Lipinski definition) is 1. The Kier molecular flexibility index (Phi) is 6.16. The average molecular weight is 337 g/mol. The molecule has 4 nitrogen and oxygen atoms in total. The van der Waals surface area contributed by atoms with Gasteiger partial charge in [-0.3, -0.25) is 0 Å². The van der Waals surface area contributed by atoms with Gasteiger partial charge in [0.15, 0.2) is 0 Å². The quantitative estimate of drug-likeness (QED) is 0.868. The number of rotatable bonds is 6. The van der Waals surface area contributed by atoms with Crippen LogP contribution in [0.2, 0.25) is 5.02 Å². The number of sulfonamides is 1. The lowest BCUT2D eigenvalue weighted by Crippen LogP contribution is -2.34. The fourth-order valence-corrected chi connectivity index (χ4v) is 3.49. The second kappa shape index (κ2) is 7.05. The highest BCUT2D eigenvalue weighted by Crippen LogP contribution is 2.26. The highest BCUT2D eigenvalue weighted by Gasteiger charge is 2.28. The predicted octanol–water partition coefficient (Wildman–Crippen LogP) is 3.01. The van der Waals surface area contributed by atoms with Crippen molar-refractivity contribution in [2.75, 3.05) is 7.05 Å². The molecular weight excluding hydrogens is 315 g/mol. The molecule has 0 aliphatic rings. The largest absolute Gasteiger partial charge is 0.310 e. The molecule has 120 valence electrons. The second-order valence-corrected chi connectivity index (χ2v) is 7.93. The Morgan fingerprint density at radius 1 is 1.29 bits per heavy atom. The van der Waals surface area contributed by atoms with Crippen LogP contribution >= 0.6 is 11.6 Å². The van der Waals surface area contributed by atoms with Gasteiger partial charge in [0.1, 0.15) is 10.7 Å². The molecule has 0 fully saturated rings. The molecule has 0 saturated carbocycles. The van der Waals surface area contributed by atoms with E-state index in [0.29, 0.717) is 0 Å². The second-order valence-electron chi connectivity index (χ2n) is 5.53. The molecule has 0 aliphatic heterocycles. The Morgan fingerprint density at radius 2 is 1.86 bits per heavy atom. The Balaban J connectivity index is 3.31. The summed E-state index contributed by atoms with van der Waals surface area (Å²) in [7, 11) is -2.48. The van der Waals surface area contributed by atoms with Crippen molar-refractivity contribution in [3.63, 3.8) is 0 Å². The SMILES string of the molecule is CC(C)NCc1cc(Cl)cc(S(=O)(=O)N(C)C(C)C)c1F. The van der Waals surface area contributed by atoms with Gasteiger partial charge in [0.05, 0.1) is 0 Å². The Labute approximate surface area is 131 Å².